The molecule has 2 heterocycles. The molecular formula is C19H19N5O. The van der Waals surface area contributed by atoms with Gasteiger partial charge in [0.25, 0.3) is 5.56 Å². The summed E-state index contributed by atoms with van der Waals surface area (Å²) in [5, 5.41) is 12.6. The molecule has 0 radical (unpaired) electrons. The highest BCUT2D eigenvalue weighted by atomic mass is 16.1. The second-order valence-electron chi connectivity index (χ2n) is 6.30. The van der Waals surface area contributed by atoms with Gasteiger partial charge in [-0.1, -0.05) is 29.8 Å². The van der Waals surface area contributed by atoms with Crippen LogP contribution in [0.25, 0.3) is 16.7 Å². The van der Waals surface area contributed by atoms with Crippen molar-refractivity contribution in [1.29, 1.82) is 0 Å². The molecule has 1 N–H and O–H groups in total. The van der Waals surface area contributed by atoms with Crippen LogP contribution < -0.4 is 10.9 Å². The van der Waals surface area contributed by atoms with Crippen LogP contribution in [-0.2, 0) is 13.6 Å². The molecule has 0 unspecified atom stereocenters. The monoisotopic (exact) mass is 333 g/mol. The lowest BCUT2D eigenvalue weighted by Gasteiger charge is -2.11. The van der Waals surface area contributed by atoms with Crippen LogP contribution in [0.5, 0.6) is 0 Å². The minimum atomic E-state index is -0.0654. The van der Waals surface area contributed by atoms with E-state index in [2.05, 4.69) is 47.6 Å². The summed E-state index contributed by atoms with van der Waals surface area (Å²) in [5.74, 6) is 1.31. The maximum absolute atomic E-state index is 12.5. The number of anilines is 1. The van der Waals surface area contributed by atoms with Crippen LogP contribution in [0.2, 0.25) is 0 Å². The van der Waals surface area contributed by atoms with Crippen molar-refractivity contribution in [2.45, 2.75) is 20.4 Å². The van der Waals surface area contributed by atoms with E-state index in [1.165, 1.54) is 15.7 Å². The number of nitrogens with one attached hydrogen (secondary N) is 1. The molecule has 0 saturated heterocycles. The molecule has 0 atom stereocenters. The van der Waals surface area contributed by atoms with E-state index in [9.17, 15) is 4.79 Å². The van der Waals surface area contributed by atoms with Gasteiger partial charge in [0.15, 0.2) is 5.82 Å². The van der Waals surface area contributed by atoms with Gasteiger partial charge < -0.3 is 5.32 Å². The second-order valence-corrected chi connectivity index (χ2v) is 6.30. The molecule has 0 spiro atoms. The van der Waals surface area contributed by atoms with Crippen molar-refractivity contribution in [3.05, 3.63) is 69.8 Å². The van der Waals surface area contributed by atoms with E-state index in [1.807, 2.05) is 28.7 Å². The molecule has 0 amide bonds. The SMILES string of the molecule is Cc1ccc(NCc2nnc3n(C)c(=O)c4ccccc4n23)c(C)c1. The molecule has 2 aromatic carbocycles. The van der Waals surface area contributed by atoms with Crippen LogP contribution in [0.4, 0.5) is 5.69 Å². The number of aryl methyl sites for hydroxylation is 3. The topological polar surface area (TPSA) is 64.2 Å². The van der Waals surface area contributed by atoms with Crippen molar-refractivity contribution in [1.82, 2.24) is 19.2 Å². The Morgan fingerprint density at radius 1 is 1.08 bits per heavy atom. The normalized spacial score (nSPS) is 11.3. The maximum Gasteiger partial charge on any atom is 0.262 e. The fraction of sp³-hybridized carbons (Fsp3) is 0.211. The Balaban J connectivity index is 1.82. The molecule has 25 heavy (non-hydrogen) atoms. The summed E-state index contributed by atoms with van der Waals surface area (Å²) in [4.78, 5) is 12.5. The number of hydrogen-bond acceptors (Lipinski definition) is 4. The Kier molecular flexibility index (Phi) is 3.53. The highest BCUT2D eigenvalue weighted by molar-refractivity contribution is 5.80. The van der Waals surface area contributed by atoms with Gasteiger partial charge in [-0.15, -0.1) is 10.2 Å². The summed E-state index contributed by atoms with van der Waals surface area (Å²) in [5.41, 5.74) is 4.24. The number of para-hydroxylation sites is 1. The minimum absolute atomic E-state index is 0.0654. The van der Waals surface area contributed by atoms with E-state index >= 15 is 0 Å². The van der Waals surface area contributed by atoms with Gasteiger partial charge in [-0.3, -0.25) is 13.8 Å². The second kappa shape index (κ2) is 5.73. The largest absolute Gasteiger partial charge is 0.378 e. The van der Waals surface area contributed by atoms with Crippen molar-refractivity contribution >= 4 is 22.4 Å². The summed E-state index contributed by atoms with van der Waals surface area (Å²) in [6.07, 6.45) is 0. The van der Waals surface area contributed by atoms with Crippen LogP contribution in [-0.4, -0.2) is 19.2 Å². The third kappa shape index (κ3) is 2.46. The Morgan fingerprint density at radius 3 is 2.68 bits per heavy atom. The molecular weight excluding hydrogens is 314 g/mol. The third-order valence-electron chi connectivity index (χ3n) is 4.51. The third-order valence-corrected chi connectivity index (χ3v) is 4.51. The lowest BCUT2D eigenvalue weighted by molar-refractivity contribution is 0.855. The van der Waals surface area contributed by atoms with Gasteiger partial charge in [0.05, 0.1) is 17.4 Å². The lowest BCUT2D eigenvalue weighted by atomic mass is 10.1. The van der Waals surface area contributed by atoms with Crippen molar-refractivity contribution in [3.63, 3.8) is 0 Å². The number of fused-ring (bicyclic) bond motifs is 3. The van der Waals surface area contributed by atoms with Gasteiger partial charge in [0.2, 0.25) is 5.78 Å². The summed E-state index contributed by atoms with van der Waals surface area (Å²) < 4.78 is 3.48. The minimum Gasteiger partial charge on any atom is -0.378 e. The molecule has 0 fully saturated rings. The number of rotatable bonds is 3. The molecule has 2 aromatic heterocycles. The number of nitrogens with zero attached hydrogens (tertiary/aromatic N) is 4. The van der Waals surface area contributed by atoms with Gasteiger partial charge in [-0.2, -0.15) is 0 Å². The zero-order valence-electron chi connectivity index (χ0n) is 14.4. The van der Waals surface area contributed by atoms with Crippen molar-refractivity contribution < 1.29 is 0 Å². The maximum atomic E-state index is 12.5. The summed E-state index contributed by atoms with van der Waals surface area (Å²) >= 11 is 0. The summed E-state index contributed by atoms with van der Waals surface area (Å²) in [6.45, 7) is 4.68. The average Bonchev–Trinajstić information content (AvgIpc) is 3.03. The van der Waals surface area contributed by atoms with E-state index in [0.717, 1.165) is 17.0 Å². The predicted molar refractivity (Wildman–Crippen MR) is 99.0 cm³/mol. The van der Waals surface area contributed by atoms with Gasteiger partial charge >= 0.3 is 0 Å². The van der Waals surface area contributed by atoms with Crippen LogP contribution in [0, 0.1) is 13.8 Å². The van der Waals surface area contributed by atoms with E-state index in [0.29, 0.717) is 17.7 Å². The molecule has 0 aliphatic rings. The highest BCUT2D eigenvalue weighted by Crippen LogP contribution is 2.18. The molecule has 4 rings (SSSR count). The van der Waals surface area contributed by atoms with Crippen molar-refractivity contribution in [3.8, 4) is 0 Å². The molecule has 0 aliphatic carbocycles. The molecule has 0 aliphatic heterocycles. The Hall–Kier alpha value is -3.15. The van der Waals surface area contributed by atoms with Crippen LogP contribution in [0.1, 0.15) is 17.0 Å². The van der Waals surface area contributed by atoms with Crippen LogP contribution in [0.3, 0.4) is 0 Å². The molecule has 4 aromatic rings. The van der Waals surface area contributed by atoms with E-state index in [4.69, 9.17) is 0 Å². The first-order chi connectivity index (χ1) is 12.1. The summed E-state index contributed by atoms with van der Waals surface area (Å²) in [7, 11) is 1.72. The van der Waals surface area contributed by atoms with Gasteiger partial charge in [0.1, 0.15) is 0 Å². The first kappa shape index (κ1) is 15.4. The molecule has 6 nitrogen and oxygen atoms in total. The number of aromatic nitrogens is 4. The van der Waals surface area contributed by atoms with Gasteiger partial charge in [-0.25, -0.2) is 0 Å². The fourth-order valence-corrected chi connectivity index (χ4v) is 3.19. The van der Waals surface area contributed by atoms with E-state index in [-0.39, 0.29) is 5.56 Å². The first-order valence-electron chi connectivity index (χ1n) is 8.19. The fourth-order valence-electron chi connectivity index (χ4n) is 3.19. The number of hydrogen-bond donors (Lipinski definition) is 1. The van der Waals surface area contributed by atoms with Crippen LogP contribution >= 0.6 is 0 Å². The Labute approximate surface area is 144 Å². The Morgan fingerprint density at radius 2 is 1.88 bits per heavy atom. The summed E-state index contributed by atoms with van der Waals surface area (Å²) in [6, 6.07) is 13.8. The smallest absolute Gasteiger partial charge is 0.262 e. The van der Waals surface area contributed by atoms with E-state index in [1.54, 1.807) is 7.05 Å². The van der Waals surface area contributed by atoms with Gasteiger partial charge in [0, 0.05) is 12.7 Å². The quantitative estimate of drug-likeness (QED) is 0.626. The standard InChI is InChI=1S/C19H19N5O/c1-12-8-9-15(13(2)10-12)20-11-17-21-22-19-23(3)18(25)14-6-4-5-7-16(14)24(17)19/h4-10,20H,11H2,1-3H3. The highest BCUT2D eigenvalue weighted by Gasteiger charge is 2.14. The Bertz CT molecular complexity index is 1160. The number of benzene rings is 2. The van der Waals surface area contributed by atoms with Gasteiger partial charge in [-0.05, 0) is 37.6 Å². The van der Waals surface area contributed by atoms with E-state index < -0.39 is 0 Å². The first-order valence-corrected chi connectivity index (χ1v) is 8.19. The van der Waals surface area contributed by atoms with Crippen molar-refractivity contribution in [2.24, 2.45) is 7.05 Å². The average molecular weight is 333 g/mol. The lowest BCUT2D eigenvalue weighted by Crippen LogP contribution is -2.20. The molecule has 0 saturated carbocycles. The molecule has 0 bridgehead atoms. The van der Waals surface area contributed by atoms with Crippen molar-refractivity contribution in [2.75, 3.05) is 5.32 Å². The zero-order chi connectivity index (χ0) is 17.6. The van der Waals surface area contributed by atoms with Crippen LogP contribution in [0.15, 0.2) is 47.3 Å². The molecule has 126 valence electrons. The predicted octanol–water partition coefficient (Wildman–Crippen LogP) is 2.81. The zero-order valence-corrected chi connectivity index (χ0v) is 14.4. The molecule has 6 heteroatoms.